The fourth-order valence-corrected chi connectivity index (χ4v) is 5.16. The van der Waals surface area contributed by atoms with Crippen LogP contribution in [-0.4, -0.2) is 54.5 Å². The molecule has 37 heavy (non-hydrogen) atoms. The molecule has 196 valence electrons. The average molecular weight is 505 g/mol. The lowest BCUT2D eigenvalue weighted by atomic mass is 9.79. The fraction of sp³-hybridized carbons (Fsp3) is 0.414. The van der Waals surface area contributed by atoms with Crippen molar-refractivity contribution in [2.24, 2.45) is 0 Å². The van der Waals surface area contributed by atoms with Crippen molar-refractivity contribution in [1.29, 1.82) is 0 Å². The number of para-hydroxylation sites is 1. The minimum Gasteiger partial charge on any atom is -0.468 e. The Morgan fingerprint density at radius 2 is 1.70 bits per heavy atom. The summed E-state index contributed by atoms with van der Waals surface area (Å²) in [4.78, 5) is 41.7. The van der Waals surface area contributed by atoms with E-state index in [1.165, 1.54) is 7.11 Å². The van der Waals surface area contributed by atoms with Crippen molar-refractivity contribution in [3.8, 4) is 0 Å². The zero-order valence-electron chi connectivity index (χ0n) is 21.3. The van der Waals surface area contributed by atoms with Crippen LogP contribution in [0, 0.1) is 0 Å². The molecule has 0 radical (unpaired) electrons. The fourth-order valence-electron chi connectivity index (χ4n) is 5.16. The van der Waals surface area contributed by atoms with Crippen molar-refractivity contribution in [2.45, 2.75) is 56.5 Å². The highest BCUT2D eigenvalue weighted by Crippen LogP contribution is 2.29. The number of amides is 2. The number of hydrogen-bond acceptors (Lipinski definition) is 5. The number of fused-ring (bicyclic) bond motifs is 1. The average Bonchev–Trinajstić information content (AvgIpc) is 3.35. The number of benzene rings is 2. The van der Waals surface area contributed by atoms with Crippen molar-refractivity contribution in [2.75, 3.05) is 20.2 Å². The number of nitrogens with one attached hydrogen (secondary N) is 4. The standard InChI is InChI=1S/C29H36N4O4/c1-37-26(34)20-32-27(35)25(18-21-10-4-2-5-11-21)33-29(15-8-3-9-16-29)28(36)30-17-14-22-19-31-24-13-7-6-12-23(22)24/h2,4-7,10-13,19,25,31,33H,3,8-9,14-18,20H2,1H3,(H,30,36)(H,32,35). The number of ether oxygens (including phenoxy) is 1. The predicted octanol–water partition coefficient (Wildman–Crippen LogP) is 3.02. The number of rotatable bonds is 11. The summed E-state index contributed by atoms with van der Waals surface area (Å²) in [6, 6.07) is 17.1. The van der Waals surface area contributed by atoms with Crippen LogP contribution in [0.15, 0.2) is 60.8 Å². The second kappa shape index (κ2) is 12.5. The van der Waals surface area contributed by atoms with Crippen LogP contribution in [0.5, 0.6) is 0 Å². The molecule has 1 unspecified atom stereocenters. The smallest absolute Gasteiger partial charge is 0.325 e. The van der Waals surface area contributed by atoms with Crippen molar-refractivity contribution in [3.63, 3.8) is 0 Å². The van der Waals surface area contributed by atoms with Gasteiger partial charge in [0, 0.05) is 23.6 Å². The van der Waals surface area contributed by atoms with Gasteiger partial charge in [0.1, 0.15) is 6.54 Å². The van der Waals surface area contributed by atoms with Gasteiger partial charge in [0.05, 0.1) is 18.7 Å². The van der Waals surface area contributed by atoms with Gasteiger partial charge in [-0.05, 0) is 42.9 Å². The van der Waals surface area contributed by atoms with E-state index in [0.29, 0.717) is 32.2 Å². The number of methoxy groups -OCH3 is 1. The highest BCUT2D eigenvalue weighted by molar-refractivity contribution is 5.90. The van der Waals surface area contributed by atoms with Crippen molar-refractivity contribution in [3.05, 3.63) is 71.9 Å². The van der Waals surface area contributed by atoms with Gasteiger partial charge in [0.15, 0.2) is 0 Å². The van der Waals surface area contributed by atoms with Crippen LogP contribution in [0.2, 0.25) is 0 Å². The number of aromatic nitrogens is 1. The number of H-pyrrole nitrogens is 1. The predicted molar refractivity (Wildman–Crippen MR) is 143 cm³/mol. The van der Waals surface area contributed by atoms with Gasteiger partial charge >= 0.3 is 5.97 Å². The summed E-state index contributed by atoms with van der Waals surface area (Å²) in [5.74, 6) is -0.925. The summed E-state index contributed by atoms with van der Waals surface area (Å²) in [5.41, 5.74) is 2.36. The van der Waals surface area contributed by atoms with Gasteiger partial charge in [-0.3, -0.25) is 19.7 Å². The largest absolute Gasteiger partial charge is 0.468 e. The summed E-state index contributed by atoms with van der Waals surface area (Å²) in [7, 11) is 1.28. The van der Waals surface area contributed by atoms with E-state index in [4.69, 9.17) is 0 Å². The molecule has 2 aromatic carbocycles. The number of esters is 1. The highest BCUT2D eigenvalue weighted by atomic mass is 16.5. The van der Waals surface area contributed by atoms with E-state index in [-0.39, 0.29) is 18.4 Å². The second-order valence-electron chi connectivity index (χ2n) is 9.69. The number of hydrogen-bond donors (Lipinski definition) is 4. The minimum atomic E-state index is -0.847. The van der Waals surface area contributed by atoms with E-state index in [9.17, 15) is 14.4 Å². The highest BCUT2D eigenvalue weighted by Gasteiger charge is 2.42. The molecule has 4 N–H and O–H groups in total. The van der Waals surface area contributed by atoms with Gasteiger partial charge in [-0.2, -0.15) is 0 Å². The Morgan fingerprint density at radius 1 is 0.973 bits per heavy atom. The molecule has 1 saturated carbocycles. The van der Waals surface area contributed by atoms with E-state index in [1.54, 1.807) is 0 Å². The normalized spacial score (nSPS) is 15.6. The first-order chi connectivity index (χ1) is 18.0. The topological polar surface area (TPSA) is 112 Å². The van der Waals surface area contributed by atoms with E-state index in [0.717, 1.165) is 41.3 Å². The Kier molecular flexibility index (Phi) is 8.95. The molecule has 1 aliphatic carbocycles. The summed E-state index contributed by atoms with van der Waals surface area (Å²) in [5, 5.41) is 10.4. The van der Waals surface area contributed by atoms with Crippen LogP contribution >= 0.6 is 0 Å². The molecule has 1 fully saturated rings. The summed E-state index contributed by atoms with van der Waals surface area (Å²) >= 11 is 0. The maximum absolute atomic E-state index is 13.6. The van der Waals surface area contributed by atoms with Gasteiger partial charge in [0.2, 0.25) is 11.8 Å². The molecule has 3 aromatic rings. The van der Waals surface area contributed by atoms with Gasteiger partial charge in [-0.25, -0.2) is 0 Å². The van der Waals surface area contributed by atoms with Crippen LogP contribution < -0.4 is 16.0 Å². The molecule has 0 saturated heterocycles. The molecular weight excluding hydrogens is 468 g/mol. The first-order valence-corrected chi connectivity index (χ1v) is 13.0. The summed E-state index contributed by atoms with van der Waals surface area (Å²) < 4.78 is 4.67. The maximum Gasteiger partial charge on any atom is 0.325 e. The molecule has 2 amide bonds. The zero-order chi connectivity index (χ0) is 26.1. The molecular formula is C29H36N4O4. The second-order valence-corrected chi connectivity index (χ2v) is 9.69. The molecule has 1 aromatic heterocycles. The van der Waals surface area contributed by atoms with Gasteiger partial charge in [-0.1, -0.05) is 67.8 Å². The Morgan fingerprint density at radius 3 is 2.46 bits per heavy atom. The molecule has 0 bridgehead atoms. The third-order valence-corrected chi connectivity index (χ3v) is 7.18. The number of carbonyl (C=O) groups excluding carboxylic acids is 3. The third-order valence-electron chi connectivity index (χ3n) is 7.18. The quantitative estimate of drug-likeness (QED) is 0.300. The molecule has 4 rings (SSSR count). The Labute approximate surface area is 217 Å². The third kappa shape index (κ3) is 6.77. The lowest BCUT2D eigenvalue weighted by molar-refractivity contribution is -0.141. The van der Waals surface area contributed by atoms with Crippen LogP contribution in [0.1, 0.15) is 43.2 Å². The molecule has 8 heteroatoms. The van der Waals surface area contributed by atoms with Crippen molar-refractivity contribution in [1.82, 2.24) is 20.9 Å². The lowest BCUT2D eigenvalue weighted by Gasteiger charge is -2.39. The van der Waals surface area contributed by atoms with Crippen molar-refractivity contribution < 1.29 is 19.1 Å². The van der Waals surface area contributed by atoms with E-state index in [2.05, 4.69) is 31.7 Å². The van der Waals surface area contributed by atoms with Gasteiger partial charge in [-0.15, -0.1) is 0 Å². The molecule has 8 nitrogen and oxygen atoms in total. The Balaban J connectivity index is 1.47. The molecule has 0 aliphatic heterocycles. The lowest BCUT2D eigenvalue weighted by Crippen LogP contribution is -2.64. The number of carbonyl (C=O) groups is 3. The molecule has 0 spiro atoms. The first-order valence-electron chi connectivity index (χ1n) is 13.0. The van der Waals surface area contributed by atoms with Crippen LogP contribution in [0.25, 0.3) is 10.9 Å². The van der Waals surface area contributed by atoms with Gasteiger partial charge in [0.25, 0.3) is 0 Å². The first kappa shape index (κ1) is 26.4. The summed E-state index contributed by atoms with van der Waals surface area (Å²) in [6.07, 6.45) is 7.28. The Hall–Kier alpha value is -3.65. The monoisotopic (exact) mass is 504 g/mol. The van der Waals surface area contributed by atoms with Crippen molar-refractivity contribution >= 4 is 28.7 Å². The van der Waals surface area contributed by atoms with E-state index >= 15 is 0 Å². The van der Waals surface area contributed by atoms with E-state index < -0.39 is 17.6 Å². The van der Waals surface area contributed by atoms with Crippen LogP contribution in [0.3, 0.4) is 0 Å². The molecule has 1 atom stereocenters. The van der Waals surface area contributed by atoms with E-state index in [1.807, 2.05) is 54.7 Å². The zero-order valence-corrected chi connectivity index (χ0v) is 21.3. The molecule has 1 heterocycles. The van der Waals surface area contributed by atoms with Gasteiger partial charge < -0.3 is 20.4 Å². The van der Waals surface area contributed by atoms with Crippen LogP contribution in [-0.2, 0) is 32.0 Å². The minimum absolute atomic E-state index is 0.0779. The summed E-state index contributed by atoms with van der Waals surface area (Å²) in [6.45, 7) is 0.286. The Bertz CT molecular complexity index is 1200. The van der Waals surface area contributed by atoms with Crippen LogP contribution in [0.4, 0.5) is 0 Å². The SMILES string of the molecule is COC(=O)CNC(=O)C(Cc1ccccc1)NC1(C(=O)NCCc2c[nH]c3ccccc23)CCCCC1. The molecule has 1 aliphatic rings. The maximum atomic E-state index is 13.6. The number of aromatic amines is 1.